The fourth-order valence-corrected chi connectivity index (χ4v) is 0.671. The molecule has 8 heavy (non-hydrogen) atoms. The van der Waals surface area contributed by atoms with Crippen molar-refractivity contribution in [2.24, 2.45) is 0 Å². The van der Waals surface area contributed by atoms with E-state index in [9.17, 15) is 0 Å². The van der Waals surface area contributed by atoms with E-state index in [1.165, 1.54) is 0 Å². The molecule has 46 valence electrons. The van der Waals surface area contributed by atoms with Crippen molar-refractivity contribution in [1.82, 2.24) is 0 Å². The van der Waals surface area contributed by atoms with Gasteiger partial charge in [-0.15, -0.1) is 0 Å². The highest BCUT2D eigenvalue weighted by atomic mass is 16.5. The molecule has 2 nitrogen and oxygen atoms in total. The van der Waals surface area contributed by atoms with E-state index in [1.54, 1.807) is 13.4 Å². The van der Waals surface area contributed by atoms with Crippen molar-refractivity contribution >= 4 is 0 Å². The SMILES string of the molecule is COC1CC=COC1. The fraction of sp³-hybridized carbons (Fsp3) is 0.667. The van der Waals surface area contributed by atoms with Crippen molar-refractivity contribution in [2.75, 3.05) is 13.7 Å². The molecule has 0 saturated carbocycles. The van der Waals surface area contributed by atoms with Gasteiger partial charge in [-0.2, -0.15) is 0 Å². The van der Waals surface area contributed by atoms with Gasteiger partial charge in [0.15, 0.2) is 0 Å². The van der Waals surface area contributed by atoms with Crippen molar-refractivity contribution < 1.29 is 9.47 Å². The summed E-state index contributed by atoms with van der Waals surface area (Å²) in [5.74, 6) is 0. The zero-order valence-electron chi connectivity index (χ0n) is 4.96. The molecule has 2 heteroatoms. The summed E-state index contributed by atoms with van der Waals surface area (Å²) in [5.41, 5.74) is 0. The van der Waals surface area contributed by atoms with Gasteiger partial charge in [-0.25, -0.2) is 0 Å². The van der Waals surface area contributed by atoms with Gasteiger partial charge in [-0.3, -0.25) is 0 Å². The normalized spacial score (nSPS) is 27.4. The first-order chi connectivity index (χ1) is 3.93. The molecule has 0 aromatic heterocycles. The average Bonchev–Trinajstić information content (AvgIpc) is 1.90. The lowest BCUT2D eigenvalue weighted by Crippen LogP contribution is -2.18. The quantitative estimate of drug-likeness (QED) is 0.505. The largest absolute Gasteiger partial charge is 0.499 e. The van der Waals surface area contributed by atoms with Gasteiger partial charge in [0.1, 0.15) is 6.61 Å². The Morgan fingerprint density at radius 3 is 3.00 bits per heavy atom. The van der Waals surface area contributed by atoms with Crippen LogP contribution < -0.4 is 0 Å². The summed E-state index contributed by atoms with van der Waals surface area (Å²) in [6.45, 7) is 0.701. The molecule has 1 heterocycles. The van der Waals surface area contributed by atoms with Crippen LogP contribution in [0.15, 0.2) is 12.3 Å². The molecule has 0 spiro atoms. The molecule has 0 amide bonds. The smallest absolute Gasteiger partial charge is 0.114 e. The highest BCUT2D eigenvalue weighted by molar-refractivity contribution is 4.82. The zero-order valence-corrected chi connectivity index (χ0v) is 4.96. The second-order valence-corrected chi connectivity index (χ2v) is 1.80. The third-order valence-electron chi connectivity index (χ3n) is 1.21. The number of rotatable bonds is 1. The molecule has 0 aromatic carbocycles. The van der Waals surface area contributed by atoms with Crippen LogP contribution in [0.4, 0.5) is 0 Å². The Kier molecular flexibility index (Phi) is 1.92. The predicted molar refractivity (Wildman–Crippen MR) is 30.5 cm³/mol. The van der Waals surface area contributed by atoms with Crippen LogP contribution in [0.5, 0.6) is 0 Å². The molecule has 0 aliphatic carbocycles. The Bertz CT molecular complexity index is 88.5. The lowest BCUT2D eigenvalue weighted by atomic mass is 10.2. The molecule has 0 bridgehead atoms. The van der Waals surface area contributed by atoms with Gasteiger partial charge in [0.25, 0.3) is 0 Å². The highest BCUT2D eigenvalue weighted by Gasteiger charge is 2.06. The van der Waals surface area contributed by atoms with Crippen LogP contribution in [-0.2, 0) is 9.47 Å². The summed E-state index contributed by atoms with van der Waals surface area (Å²) in [5, 5.41) is 0. The number of ether oxygens (including phenoxy) is 2. The zero-order chi connectivity index (χ0) is 5.82. The van der Waals surface area contributed by atoms with E-state index >= 15 is 0 Å². The van der Waals surface area contributed by atoms with Gasteiger partial charge in [-0.1, -0.05) is 0 Å². The van der Waals surface area contributed by atoms with Crippen LogP contribution in [0.1, 0.15) is 6.42 Å². The van der Waals surface area contributed by atoms with Crippen LogP contribution >= 0.6 is 0 Å². The van der Waals surface area contributed by atoms with E-state index in [-0.39, 0.29) is 6.10 Å². The van der Waals surface area contributed by atoms with Crippen molar-refractivity contribution in [3.05, 3.63) is 12.3 Å². The van der Waals surface area contributed by atoms with E-state index in [2.05, 4.69) is 0 Å². The lowest BCUT2D eigenvalue weighted by Gasteiger charge is -2.15. The second kappa shape index (κ2) is 2.72. The Morgan fingerprint density at radius 2 is 2.62 bits per heavy atom. The van der Waals surface area contributed by atoms with Gasteiger partial charge in [0.2, 0.25) is 0 Å². The van der Waals surface area contributed by atoms with Crippen LogP contribution in [0.2, 0.25) is 0 Å². The maximum Gasteiger partial charge on any atom is 0.114 e. The first-order valence-electron chi connectivity index (χ1n) is 2.73. The van der Waals surface area contributed by atoms with E-state index in [0.29, 0.717) is 6.61 Å². The van der Waals surface area contributed by atoms with Crippen molar-refractivity contribution in [3.8, 4) is 0 Å². The van der Waals surface area contributed by atoms with E-state index in [0.717, 1.165) is 6.42 Å². The molecule has 1 aliphatic heterocycles. The molecule has 1 atom stereocenters. The summed E-state index contributed by atoms with van der Waals surface area (Å²) in [4.78, 5) is 0. The summed E-state index contributed by atoms with van der Waals surface area (Å²) < 4.78 is 9.98. The van der Waals surface area contributed by atoms with Crippen molar-refractivity contribution in [3.63, 3.8) is 0 Å². The first-order valence-corrected chi connectivity index (χ1v) is 2.73. The minimum atomic E-state index is 0.278. The van der Waals surface area contributed by atoms with Gasteiger partial charge >= 0.3 is 0 Å². The summed E-state index contributed by atoms with van der Waals surface area (Å²) >= 11 is 0. The van der Waals surface area contributed by atoms with E-state index in [1.807, 2.05) is 6.08 Å². The molecule has 1 aliphatic rings. The third kappa shape index (κ3) is 1.23. The van der Waals surface area contributed by atoms with Crippen LogP contribution in [-0.4, -0.2) is 19.8 Å². The molecule has 1 unspecified atom stereocenters. The van der Waals surface area contributed by atoms with Crippen molar-refractivity contribution in [2.45, 2.75) is 12.5 Å². The maximum atomic E-state index is 5.01. The molecular formula is C6H10O2. The van der Waals surface area contributed by atoms with Gasteiger partial charge in [0.05, 0.1) is 12.4 Å². The lowest BCUT2D eigenvalue weighted by molar-refractivity contribution is 0.0337. The summed E-state index contributed by atoms with van der Waals surface area (Å²) in [7, 11) is 1.70. The van der Waals surface area contributed by atoms with Crippen LogP contribution in [0.25, 0.3) is 0 Å². The molecule has 0 saturated heterocycles. The molecular weight excluding hydrogens is 104 g/mol. The Hall–Kier alpha value is -0.500. The average molecular weight is 114 g/mol. The second-order valence-electron chi connectivity index (χ2n) is 1.80. The predicted octanol–water partition coefficient (Wildman–Crippen LogP) is 0.935. The van der Waals surface area contributed by atoms with Gasteiger partial charge in [0, 0.05) is 7.11 Å². The monoisotopic (exact) mass is 114 g/mol. The summed E-state index contributed by atoms with van der Waals surface area (Å²) in [6, 6.07) is 0. The molecule has 1 rings (SSSR count). The van der Waals surface area contributed by atoms with Gasteiger partial charge in [-0.05, 0) is 12.5 Å². The molecule has 0 aromatic rings. The molecule has 0 radical (unpaired) electrons. The number of hydrogen-bond acceptors (Lipinski definition) is 2. The van der Waals surface area contributed by atoms with E-state index < -0.39 is 0 Å². The highest BCUT2D eigenvalue weighted by Crippen LogP contribution is 2.04. The fourth-order valence-electron chi connectivity index (χ4n) is 0.671. The van der Waals surface area contributed by atoms with Crippen molar-refractivity contribution in [1.29, 1.82) is 0 Å². The standard InChI is InChI=1S/C6H10O2/c1-7-6-3-2-4-8-5-6/h2,4,6H,3,5H2,1H3. The van der Waals surface area contributed by atoms with Crippen LogP contribution in [0.3, 0.4) is 0 Å². The topological polar surface area (TPSA) is 18.5 Å². The first kappa shape index (κ1) is 5.63. The number of methoxy groups -OCH3 is 1. The minimum absolute atomic E-state index is 0.278. The van der Waals surface area contributed by atoms with Crippen LogP contribution in [0, 0.1) is 0 Å². The molecule has 0 N–H and O–H groups in total. The maximum absolute atomic E-state index is 5.01. The van der Waals surface area contributed by atoms with Gasteiger partial charge < -0.3 is 9.47 Å². The number of hydrogen-bond donors (Lipinski definition) is 0. The molecule has 0 fully saturated rings. The Balaban J connectivity index is 2.27. The Labute approximate surface area is 49.1 Å². The Morgan fingerprint density at radius 1 is 1.75 bits per heavy atom. The minimum Gasteiger partial charge on any atom is -0.499 e. The summed E-state index contributed by atoms with van der Waals surface area (Å²) in [6.07, 6.45) is 4.95. The third-order valence-corrected chi connectivity index (χ3v) is 1.21. The van der Waals surface area contributed by atoms with E-state index in [4.69, 9.17) is 9.47 Å².